The molecule has 4 rings (SSSR count). The SMILES string of the molecule is NC(=O)c1ccccc1NCc1c(C(=O)N/N=C/c2ccccc2F)nnn1-c1nonc1N. The lowest BCUT2D eigenvalue weighted by molar-refractivity contribution is 0.0947. The second-order valence-electron chi connectivity index (χ2n) is 6.75. The Morgan fingerprint density at radius 2 is 1.91 bits per heavy atom. The Balaban J connectivity index is 1.62. The van der Waals surface area contributed by atoms with Crippen LogP contribution >= 0.6 is 0 Å². The van der Waals surface area contributed by atoms with Gasteiger partial charge in [-0.2, -0.15) is 9.78 Å². The Hall–Kier alpha value is -5.14. The lowest BCUT2D eigenvalue weighted by Crippen LogP contribution is -2.22. The number of hydrazone groups is 1. The average molecular weight is 464 g/mol. The van der Waals surface area contributed by atoms with Gasteiger partial charge in [0.05, 0.1) is 24.0 Å². The molecule has 0 aliphatic heterocycles. The van der Waals surface area contributed by atoms with Gasteiger partial charge in [0.2, 0.25) is 11.6 Å². The molecular formula is C20H17FN10O3. The van der Waals surface area contributed by atoms with Gasteiger partial charge in [-0.15, -0.1) is 5.10 Å². The van der Waals surface area contributed by atoms with Crippen molar-refractivity contribution in [1.29, 1.82) is 0 Å². The molecule has 0 fully saturated rings. The van der Waals surface area contributed by atoms with Crippen molar-refractivity contribution < 1.29 is 18.6 Å². The highest BCUT2D eigenvalue weighted by atomic mass is 19.1. The Labute approximate surface area is 190 Å². The number of nitrogens with one attached hydrogen (secondary N) is 2. The Kier molecular flexibility index (Phi) is 6.20. The first-order chi connectivity index (χ1) is 16.5. The summed E-state index contributed by atoms with van der Waals surface area (Å²) in [5.41, 5.74) is 14.3. The fourth-order valence-corrected chi connectivity index (χ4v) is 2.97. The summed E-state index contributed by atoms with van der Waals surface area (Å²) < 4.78 is 19.5. The summed E-state index contributed by atoms with van der Waals surface area (Å²) in [6.45, 7) is -0.0522. The normalized spacial score (nSPS) is 11.0. The van der Waals surface area contributed by atoms with Crippen molar-refractivity contribution in [1.82, 2.24) is 30.7 Å². The molecule has 34 heavy (non-hydrogen) atoms. The first kappa shape index (κ1) is 22.1. The maximum Gasteiger partial charge on any atom is 0.293 e. The first-order valence-corrected chi connectivity index (χ1v) is 9.69. The lowest BCUT2D eigenvalue weighted by atomic mass is 10.1. The van der Waals surface area contributed by atoms with Gasteiger partial charge in [-0.3, -0.25) is 9.59 Å². The molecule has 2 aromatic carbocycles. The zero-order chi connectivity index (χ0) is 24.1. The fourth-order valence-electron chi connectivity index (χ4n) is 2.97. The number of hydrogen-bond donors (Lipinski definition) is 4. The van der Waals surface area contributed by atoms with E-state index in [-0.39, 0.29) is 40.7 Å². The smallest absolute Gasteiger partial charge is 0.293 e. The fraction of sp³-hybridized carbons (Fsp3) is 0.0500. The number of hydrogen-bond acceptors (Lipinski definition) is 10. The Morgan fingerprint density at radius 3 is 2.65 bits per heavy atom. The van der Waals surface area contributed by atoms with Crippen LogP contribution in [-0.2, 0) is 6.54 Å². The minimum Gasteiger partial charge on any atom is -0.379 e. The summed E-state index contributed by atoms with van der Waals surface area (Å²) in [6, 6.07) is 12.5. The van der Waals surface area contributed by atoms with Crippen LogP contribution in [0.5, 0.6) is 0 Å². The zero-order valence-corrected chi connectivity index (χ0v) is 17.3. The van der Waals surface area contributed by atoms with E-state index in [2.05, 4.69) is 41.1 Å². The van der Waals surface area contributed by atoms with Gasteiger partial charge >= 0.3 is 0 Å². The second kappa shape index (κ2) is 9.56. The Bertz CT molecular complexity index is 1380. The van der Waals surface area contributed by atoms with Crippen molar-refractivity contribution in [3.05, 3.63) is 76.9 Å². The summed E-state index contributed by atoms with van der Waals surface area (Å²) >= 11 is 0. The molecule has 2 aromatic heterocycles. The number of nitrogens with zero attached hydrogens (tertiary/aromatic N) is 6. The number of aromatic nitrogens is 5. The zero-order valence-electron chi connectivity index (χ0n) is 17.3. The van der Waals surface area contributed by atoms with Crippen LogP contribution < -0.4 is 22.2 Å². The molecule has 172 valence electrons. The van der Waals surface area contributed by atoms with Gasteiger partial charge in [0.25, 0.3) is 11.8 Å². The van der Waals surface area contributed by atoms with Crippen molar-refractivity contribution in [2.24, 2.45) is 10.8 Å². The van der Waals surface area contributed by atoms with Crippen molar-refractivity contribution >= 4 is 29.5 Å². The van der Waals surface area contributed by atoms with E-state index in [4.69, 9.17) is 11.5 Å². The van der Waals surface area contributed by atoms with Gasteiger partial charge in [-0.1, -0.05) is 35.5 Å². The number of nitrogens with two attached hydrogens (primary N) is 2. The molecule has 14 heteroatoms. The van der Waals surface area contributed by atoms with E-state index in [1.807, 2.05) is 0 Å². The molecule has 4 aromatic rings. The number of amides is 2. The van der Waals surface area contributed by atoms with Crippen molar-refractivity contribution in [2.75, 3.05) is 11.1 Å². The number of primary amides is 1. The van der Waals surface area contributed by atoms with E-state index in [0.29, 0.717) is 5.69 Å². The molecule has 0 radical (unpaired) electrons. The topological polar surface area (TPSA) is 192 Å². The van der Waals surface area contributed by atoms with E-state index in [1.54, 1.807) is 30.3 Å². The molecule has 2 amide bonds. The van der Waals surface area contributed by atoms with Crippen LogP contribution in [0.3, 0.4) is 0 Å². The number of benzene rings is 2. The standard InChI is InChI=1S/C20H17FN10O3/c21-13-7-3-1-5-11(13)9-25-27-20(33)16-15(31(30-26-16)19-17(22)28-34-29-19)10-24-14-8-4-2-6-12(14)18(23)32/h1-9,24H,10H2,(H2,22,28)(H2,23,32)(H,27,33)/b25-9+. The predicted molar refractivity (Wildman–Crippen MR) is 117 cm³/mol. The van der Waals surface area contributed by atoms with Gasteiger partial charge < -0.3 is 16.8 Å². The molecule has 0 saturated heterocycles. The molecule has 0 aliphatic rings. The monoisotopic (exact) mass is 464 g/mol. The number of anilines is 2. The molecule has 0 spiro atoms. The van der Waals surface area contributed by atoms with E-state index < -0.39 is 17.6 Å². The third-order valence-electron chi connectivity index (χ3n) is 4.59. The maximum absolute atomic E-state index is 13.7. The third-order valence-corrected chi connectivity index (χ3v) is 4.59. The van der Waals surface area contributed by atoms with Gasteiger partial charge in [0.1, 0.15) is 5.82 Å². The lowest BCUT2D eigenvalue weighted by Gasteiger charge is -2.11. The second-order valence-corrected chi connectivity index (χ2v) is 6.75. The van der Waals surface area contributed by atoms with Gasteiger partial charge in [-0.25, -0.2) is 14.4 Å². The van der Waals surface area contributed by atoms with Crippen LogP contribution in [0.25, 0.3) is 5.82 Å². The molecule has 0 atom stereocenters. The number of rotatable bonds is 8. The maximum atomic E-state index is 13.7. The van der Waals surface area contributed by atoms with Gasteiger partial charge in [0, 0.05) is 11.3 Å². The van der Waals surface area contributed by atoms with E-state index in [0.717, 1.165) is 10.9 Å². The molecule has 0 bridgehead atoms. The molecule has 0 saturated carbocycles. The molecule has 0 unspecified atom stereocenters. The van der Waals surface area contributed by atoms with Crippen LogP contribution in [0.4, 0.5) is 15.9 Å². The first-order valence-electron chi connectivity index (χ1n) is 9.69. The van der Waals surface area contributed by atoms with Crippen LogP contribution in [-0.4, -0.2) is 43.3 Å². The van der Waals surface area contributed by atoms with Crippen LogP contribution in [0.15, 0.2) is 58.3 Å². The number of para-hydroxylation sites is 1. The highest BCUT2D eigenvalue weighted by Crippen LogP contribution is 2.19. The molecule has 13 nitrogen and oxygen atoms in total. The van der Waals surface area contributed by atoms with E-state index in [1.165, 1.54) is 18.2 Å². The number of nitrogen functional groups attached to an aromatic ring is 1. The summed E-state index contributed by atoms with van der Waals surface area (Å²) in [5.74, 6) is -1.97. The largest absolute Gasteiger partial charge is 0.379 e. The van der Waals surface area contributed by atoms with E-state index >= 15 is 0 Å². The minimum absolute atomic E-state index is 0.00129. The quantitative estimate of drug-likeness (QED) is 0.216. The van der Waals surface area contributed by atoms with Crippen molar-refractivity contribution in [2.45, 2.75) is 6.54 Å². The van der Waals surface area contributed by atoms with Crippen LogP contribution in [0.2, 0.25) is 0 Å². The van der Waals surface area contributed by atoms with Crippen LogP contribution in [0.1, 0.15) is 32.1 Å². The number of carbonyl (C=O) groups is 2. The van der Waals surface area contributed by atoms with Crippen LogP contribution in [0, 0.1) is 5.82 Å². The Morgan fingerprint density at radius 1 is 1.15 bits per heavy atom. The molecule has 0 aliphatic carbocycles. The highest BCUT2D eigenvalue weighted by Gasteiger charge is 2.24. The van der Waals surface area contributed by atoms with Crippen molar-refractivity contribution in [3.63, 3.8) is 0 Å². The number of halogens is 1. The third kappa shape index (κ3) is 4.55. The summed E-state index contributed by atoms with van der Waals surface area (Å²) in [6.07, 6.45) is 1.15. The van der Waals surface area contributed by atoms with Gasteiger partial charge in [0.15, 0.2) is 5.69 Å². The number of carbonyl (C=O) groups excluding carboxylic acids is 2. The minimum atomic E-state index is -0.742. The molecular weight excluding hydrogens is 447 g/mol. The highest BCUT2D eigenvalue weighted by molar-refractivity contribution is 5.98. The molecule has 2 heterocycles. The summed E-state index contributed by atoms with van der Waals surface area (Å²) in [5, 5.41) is 21.8. The summed E-state index contributed by atoms with van der Waals surface area (Å²) in [7, 11) is 0. The summed E-state index contributed by atoms with van der Waals surface area (Å²) in [4.78, 5) is 24.5. The van der Waals surface area contributed by atoms with E-state index in [9.17, 15) is 14.0 Å². The van der Waals surface area contributed by atoms with Crippen molar-refractivity contribution in [3.8, 4) is 5.82 Å². The van der Waals surface area contributed by atoms with Gasteiger partial charge in [-0.05, 0) is 28.5 Å². The molecule has 6 N–H and O–H groups in total. The average Bonchev–Trinajstić information content (AvgIpc) is 3.44. The predicted octanol–water partition coefficient (Wildman–Crippen LogP) is 0.847.